The van der Waals surface area contributed by atoms with Crippen LogP contribution in [0.15, 0.2) is 40.8 Å². The number of hydrogen-bond donors (Lipinski definition) is 3. The maximum absolute atomic E-state index is 12.7. The Balaban J connectivity index is 1.31. The molecular weight excluding hydrogens is 486 g/mol. The number of hydrogen-bond acceptors (Lipinski definition) is 6. The first-order valence-corrected chi connectivity index (χ1v) is 12.7. The Hall–Kier alpha value is -4.39. The Kier molecular flexibility index (Phi) is 8.26. The van der Waals surface area contributed by atoms with Crippen LogP contribution >= 0.6 is 0 Å². The van der Waals surface area contributed by atoms with Crippen LogP contribution in [0.4, 0.5) is 4.79 Å². The largest absolute Gasteiger partial charge is 0.465 e. The molecule has 2 aromatic carbocycles. The van der Waals surface area contributed by atoms with Crippen LogP contribution in [0.25, 0.3) is 22.6 Å². The van der Waals surface area contributed by atoms with E-state index >= 15 is 0 Å². The highest BCUT2D eigenvalue weighted by atomic mass is 16.4. The number of oxazole rings is 1. The Morgan fingerprint density at radius 3 is 2.50 bits per heavy atom. The van der Waals surface area contributed by atoms with Crippen molar-refractivity contribution < 1.29 is 23.9 Å². The van der Waals surface area contributed by atoms with Crippen LogP contribution in [0.1, 0.15) is 60.5 Å². The van der Waals surface area contributed by atoms with E-state index in [4.69, 9.17) is 9.52 Å². The lowest BCUT2D eigenvalue weighted by molar-refractivity contribution is -0.132. The molecule has 0 bridgehead atoms. The van der Waals surface area contributed by atoms with Gasteiger partial charge in [0, 0.05) is 49.3 Å². The van der Waals surface area contributed by atoms with Crippen molar-refractivity contribution in [2.75, 3.05) is 26.2 Å². The van der Waals surface area contributed by atoms with Crippen LogP contribution < -0.4 is 10.6 Å². The highest BCUT2D eigenvalue weighted by Gasteiger charge is 2.23. The number of carbonyl (C=O) groups is 3. The third-order valence-corrected chi connectivity index (χ3v) is 6.80. The summed E-state index contributed by atoms with van der Waals surface area (Å²) >= 11 is 0. The molecule has 10 nitrogen and oxygen atoms in total. The molecule has 0 atom stereocenters. The first kappa shape index (κ1) is 26.7. The number of carboxylic acid groups (broad SMARTS) is 1. The fourth-order valence-corrected chi connectivity index (χ4v) is 4.60. The normalized spacial score (nSPS) is 13.9. The number of aromatic nitrogens is 1. The fraction of sp³-hybridized carbons (Fsp3) is 0.393. The quantitative estimate of drug-likeness (QED) is 0.407. The summed E-state index contributed by atoms with van der Waals surface area (Å²) in [7, 11) is 0. The highest BCUT2D eigenvalue weighted by molar-refractivity contribution is 5.94. The van der Waals surface area contributed by atoms with Gasteiger partial charge in [0.05, 0.1) is 11.6 Å². The molecule has 0 aliphatic carbocycles. The van der Waals surface area contributed by atoms with E-state index in [0.29, 0.717) is 47.8 Å². The maximum atomic E-state index is 12.7. The molecule has 10 heteroatoms. The van der Waals surface area contributed by atoms with Gasteiger partial charge < -0.3 is 25.1 Å². The Labute approximate surface area is 220 Å². The highest BCUT2D eigenvalue weighted by Crippen LogP contribution is 2.31. The van der Waals surface area contributed by atoms with Crippen LogP contribution in [0.3, 0.4) is 0 Å². The van der Waals surface area contributed by atoms with Crippen molar-refractivity contribution in [1.29, 1.82) is 5.26 Å². The van der Waals surface area contributed by atoms with Crippen LogP contribution in [0.5, 0.6) is 0 Å². The molecule has 1 saturated heterocycles. The molecule has 3 amide bonds. The number of amides is 3. The van der Waals surface area contributed by atoms with Crippen molar-refractivity contribution in [1.82, 2.24) is 20.5 Å². The van der Waals surface area contributed by atoms with Crippen LogP contribution in [0, 0.1) is 17.2 Å². The lowest BCUT2D eigenvalue weighted by atomic mass is 9.96. The van der Waals surface area contributed by atoms with Gasteiger partial charge in [-0.2, -0.15) is 5.26 Å². The summed E-state index contributed by atoms with van der Waals surface area (Å²) in [6.07, 6.45) is 0.568. The van der Waals surface area contributed by atoms with E-state index in [-0.39, 0.29) is 36.6 Å². The monoisotopic (exact) mass is 517 g/mol. The molecular formula is C28H31N5O5. The molecule has 3 N–H and O–H groups in total. The van der Waals surface area contributed by atoms with Crippen molar-refractivity contribution in [3.63, 3.8) is 0 Å². The van der Waals surface area contributed by atoms with E-state index in [1.807, 2.05) is 19.9 Å². The average molecular weight is 518 g/mol. The van der Waals surface area contributed by atoms with E-state index in [2.05, 4.69) is 21.7 Å². The van der Waals surface area contributed by atoms with Gasteiger partial charge in [-0.3, -0.25) is 9.59 Å². The summed E-state index contributed by atoms with van der Waals surface area (Å²) in [6, 6.07) is 12.8. The molecule has 0 radical (unpaired) electrons. The zero-order valence-corrected chi connectivity index (χ0v) is 21.5. The Bertz CT molecular complexity index is 1360. The predicted octanol–water partition coefficient (Wildman–Crippen LogP) is 4.12. The molecule has 4 rings (SSSR count). The maximum Gasteiger partial charge on any atom is 0.404 e. The Morgan fingerprint density at radius 2 is 1.87 bits per heavy atom. The molecule has 38 heavy (non-hydrogen) atoms. The van der Waals surface area contributed by atoms with Gasteiger partial charge in [-0.05, 0) is 61.1 Å². The van der Waals surface area contributed by atoms with Crippen LogP contribution in [-0.2, 0) is 4.79 Å². The van der Waals surface area contributed by atoms with Crippen molar-refractivity contribution >= 4 is 29.0 Å². The zero-order chi connectivity index (χ0) is 27.2. The second-order valence-corrected chi connectivity index (χ2v) is 9.79. The third-order valence-electron chi connectivity index (χ3n) is 6.80. The molecule has 1 aromatic heterocycles. The SMILES string of the molecule is CC(C)c1cc(C#N)cc2nc(-c3ccc(C(=O)NCC4CCN(C(=O)CCNC(=O)O)CC4)cc3)oc12. The lowest BCUT2D eigenvalue weighted by Gasteiger charge is -2.32. The number of carbonyl (C=O) groups excluding carboxylic acids is 2. The number of rotatable bonds is 8. The van der Waals surface area contributed by atoms with E-state index in [1.165, 1.54) is 0 Å². The average Bonchev–Trinajstić information content (AvgIpc) is 3.35. The number of nitriles is 1. The molecule has 0 spiro atoms. The number of likely N-dealkylation sites (tertiary alicyclic amines) is 1. The van der Waals surface area contributed by atoms with Gasteiger partial charge in [-0.25, -0.2) is 9.78 Å². The number of benzene rings is 2. The Morgan fingerprint density at radius 1 is 1.16 bits per heavy atom. The molecule has 0 unspecified atom stereocenters. The minimum atomic E-state index is -1.14. The van der Waals surface area contributed by atoms with Gasteiger partial charge in [0.25, 0.3) is 5.91 Å². The summed E-state index contributed by atoms with van der Waals surface area (Å²) in [4.78, 5) is 41.7. The van der Waals surface area contributed by atoms with Crippen molar-refractivity contribution in [3.8, 4) is 17.5 Å². The minimum absolute atomic E-state index is 0.0637. The molecule has 1 aliphatic heterocycles. The molecule has 0 saturated carbocycles. The lowest BCUT2D eigenvalue weighted by Crippen LogP contribution is -2.42. The van der Waals surface area contributed by atoms with Crippen LogP contribution in [0.2, 0.25) is 0 Å². The van der Waals surface area contributed by atoms with Gasteiger partial charge in [-0.1, -0.05) is 13.8 Å². The third kappa shape index (κ3) is 6.29. The summed E-state index contributed by atoms with van der Waals surface area (Å²) in [5, 5.41) is 23.1. The topological polar surface area (TPSA) is 149 Å². The van der Waals surface area contributed by atoms with Crippen molar-refractivity contribution in [2.45, 2.75) is 39.0 Å². The number of fused-ring (bicyclic) bond motifs is 1. The van der Waals surface area contributed by atoms with Gasteiger partial charge in [0.15, 0.2) is 5.58 Å². The number of nitrogens with zero attached hydrogens (tertiary/aromatic N) is 3. The van der Waals surface area contributed by atoms with E-state index in [1.54, 1.807) is 35.2 Å². The molecule has 198 valence electrons. The van der Waals surface area contributed by atoms with E-state index in [0.717, 1.165) is 24.0 Å². The van der Waals surface area contributed by atoms with Crippen LogP contribution in [-0.4, -0.2) is 59.1 Å². The molecule has 3 aromatic rings. The first-order valence-electron chi connectivity index (χ1n) is 12.7. The second kappa shape index (κ2) is 11.8. The van der Waals surface area contributed by atoms with Gasteiger partial charge in [-0.15, -0.1) is 0 Å². The minimum Gasteiger partial charge on any atom is -0.465 e. The van der Waals surface area contributed by atoms with Gasteiger partial charge in [0.2, 0.25) is 11.8 Å². The van der Waals surface area contributed by atoms with Crippen molar-refractivity contribution in [3.05, 3.63) is 53.1 Å². The standard InChI is InChI=1S/C28H31N5O5/c1-17(2)22-13-19(15-29)14-23-25(22)38-27(32-23)21-5-3-20(4-6-21)26(35)31-16-18-8-11-33(12-9-18)24(34)7-10-30-28(36)37/h3-6,13-14,17-18,30H,7-12,16H2,1-2H3,(H,31,35)(H,36,37). The molecule has 2 heterocycles. The fourth-order valence-electron chi connectivity index (χ4n) is 4.60. The molecule has 1 fully saturated rings. The smallest absolute Gasteiger partial charge is 0.404 e. The first-order chi connectivity index (χ1) is 18.2. The number of nitrogens with one attached hydrogen (secondary N) is 2. The summed E-state index contributed by atoms with van der Waals surface area (Å²) in [5.74, 6) is 0.641. The van der Waals surface area contributed by atoms with E-state index < -0.39 is 6.09 Å². The molecule has 1 aliphatic rings. The van der Waals surface area contributed by atoms with Crippen molar-refractivity contribution in [2.24, 2.45) is 5.92 Å². The van der Waals surface area contributed by atoms with Gasteiger partial charge in [0.1, 0.15) is 5.52 Å². The summed E-state index contributed by atoms with van der Waals surface area (Å²) in [5.41, 5.74) is 4.03. The van der Waals surface area contributed by atoms with E-state index in [9.17, 15) is 19.6 Å². The summed E-state index contributed by atoms with van der Waals surface area (Å²) < 4.78 is 6.05. The second-order valence-electron chi connectivity index (χ2n) is 9.79. The number of piperidine rings is 1. The predicted molar refractivity (Wildman–Crippen MR) is 141 cm³/mol. The summed E-state index contributed by atoms with van der Waals surface area (Å²) in [6.45, 7) is 5.90. The van der Waals surface area contributed by atoms with Gasteiger partial charge >= 0.3 is 6.09 Å². The zero-order valence-electron chi connectivity index (χ0n) is 21.5.